The lowest BCUT2D eigenvalue weighted by atomic mass is 10.0. The summed E-state index contributed by atoms with van der Waals surface area (Å²) in [6.07, 6.45) is -12.9. The van der Waals surface area contributed by atoms with Gasteiger partial charge in [0.15, 0.2) is 19.4 Å². The van der Waals surface area contributed by atoms with Crippen LogP contribution in [0.5, 0.6) is 0 Å². The fourth-order valence-electron chi connectivity index (χ4n) is 1.11. The first-order valence-corrected chi connectivity index (χ1v) is 8.91. The summed E-state index contributed by atoms with van der Waals surface area (Å²) in [5, 5.41) is 0. The van der Waals surface area contributed by atoms with E-state index in [2.05, 4.69) is 0 Å². The summed E-state index contributed by atoms with van der Waals surface area (Å²) in [6.45, 7) is 1.47. The average molecular weight is 341 g/mol. The molecule has 0 aromatic rings. The van der Waals surface area contributed by atoms with E-state index >= 15 is 0 Å². The Balaban J connectivity index is 5.39. The molecule has 0 aromatic carbocycles. The Bertz CT molecular complexity index is 303. The lowest BCUT2D eigenvalue weighted by molar-refractivity contribution is -0.266. The molecule has 0 spiro atoms. The monoisotopic (exact) mass is 340 g/mol. The van der Waals surface area contributed by atoms with Gasteiger partial charge in [0.2, 0.25) is 6.17 Å². The molecular formula is C8H10ClF9Si. The third-order valence-electron chi connectivity index (χ3n) is 2.23. The molecule has 0 aliphatic carbocycles. The van der Waals surface area contributed by atoms with Gasteiger partial charge in [0, 0.05) is 0 Å². The number of halogens is 10. The van der Waals surface area contributed by atoms with Crippen molar-refractivity contribution in [3.63, 3.8) is 0 Å². The third kappa shape index (κ3) is 3.70. The van der Waals surface area contributed by atoms with Gasteiger partial charge in [0.1, 0.15) is 0 Å². The zero-order valence-corrected chi connectivity index (χ0v) is 11.3. The van der Waals surface area contributed by atoms with E-state index in [4.69, 9.17) is 11.1 Å². The smallest absolute Gasteiger partial charge is 0.243 e. The molecule has 0 aliphatic heterocycles. The molecule has 0 bridgehead atoms. The van der Waals surface area contributed by atoms with Crippen molar-refractivity contribution in [1.29, 1.82) is 0 Å². The van der Waals surface area contributed by atoms with Crippen LogP contribution in [0.15, 0.2) is 0 Å². The molecular weight excluding hydrogens is 331 g/mol. The molecule has 0 amide bonds. The molecule has 0 rings (SSSR count). The number of alkyl halides is 9. The molecule has 11 heteroatoms. The second-order valence-corrected chi connectivity index (χ2v) is 10.9. The lowest BCUT2D eigenvalue weighted by Gasteiger charge is -2.35. The van der Waals surface area contributed by atoms with Crippen molar-refractivity contribution in [2.45, 2.75) is 49.5 Å². The van der Waals surface area contributed by atoms with Crippen LogP contribution >= 0.6 is 11.1 Å². The maximum atomic E-state index is 13.2. The second kappa shape index (κ2) is 5.70. The second-order valence-electron chi connectivity index (χ2n) is 4.35. The summed E-state index contributed by atoms with van der Waals surface area (Å²) in [4.78, 5) is 0. The highest BCUT2D eigenvalue weighted by molar-refractivity contribution is 7.19. The third-order valence-corrected chi connectivity index (χ3v) is 4.37. The molecule has 0 fully saturated rings. The van der Waals surface area contributed by atoms with E-state index in [9.17, 15) is 39.5 Å². The summed E-state index contributed by atoms with van der Waals surface area (Å²) >= 11 is 5.21. The molecule has 19 heavy (non-hydrogen) atoms. The highest BCUT2D eigenvalue weighted by Gasteiger charge is 2.71. The summed E-state index contributed by atoms with van der Waals surface area (Å²) < 4.78 is 114. The van der Waals surface area contributed by atoms with Crippen LogP contribution in [0.25, 0.3) is 0 Å². The summed E-state index contributed by atoms with van der Waals surface area (Å²) in [5.74, 6) is -15.3. The van der Waals surface area contributed by atoms with Crippen molar-refractivity contribution in [2.24, 2.45) is 0 Å². The van der Waals surface area contributed by atoms with Gasteiger partial charge in [-0.3, -0.25) is 0 Å². The summed E-state index contributed by atoms with van der Waals surface area (Å²) in [6, 6.07) is 0. The van der Waals surface area contributed by atoms with Gasteiger partial charge < -0.3 is 0 Å². The zero-order chi connectivity index (χ0) is 15.8. The van der Waals surface area contributed by atoms with Gasteiger partial charge in [-0.05, 0) is 0 Å². The van der Waals surface area contributed by atoms with Gasteiger partial charge >= 0.3 is 11.8 Å². The molecule has 0 radical (unpaired) electrons. The van der Waals surface area contributed by atoms with E-state index in [-0.39, 0.29) is 0 Å². The van der Waals surface area contributed by atoms with Crippen molar-refractivity contribution in [3.8, 4) is 0 Å². The SMILES string of the molecule is C[Si](C)(Cl)C(F)C(F)(F)C(F)(F)C(F)C(F)C(F)F. The Morgan fingerprint density at radius 2 is 1.21 bits per heavy atom. The van der Waals surface area contributed by atoms with Crippen LogP contribution in [-0.2, 0) is 0 Å². The Labute approximate surface area is 108 Å². The Kier molecular flexibility index (Phi) is 5.67. The summed E-state index contributed by atoms with van der Waals surface area (Å²) in [7, 11) is -4.01. The van der Waals surface area contributed by atoms with E-state index in [1.54, 1.807) is 0 Å². The van der Waals surface area contributed by atoms with Crippen LogP contribution in [0.1, 0.15) is 0 Å². The first-order chi connectivity index (χ1) is 8.17. The van der Waals surface area contributed by atoms with Crippen molar-refractivity contribution in [3.05, 3.63) is 0 Å². The van der Waals surface area contributed by atoms with Crippen LogP contribution in [0.4, 0.5) is 39.5 Å². The van der Waals surface area contributed by atoms with Gasteiger partial charge in [-0.25, -0.2) is 22.0 Å². The molecule has 3 atom stereocenters. The molecule has 3 unspecified atom stereocenters. The topological polar surface area (TPSA) is 0 Å². The maximum Gasteiger partial charge on any atom is 0.346 e. The average Bonchev–Trinajstić information content (AvgIpc) is 2.23. The molecule has 0 aliphatic rings. The van der Waals surface area contributed by atoms with Gasteiger partial charge in [-0.2, -0.15) is 28.6 Å². The number of hydrogen-bond acceptors (Lipinski definition) is 0. The minimum absolute atomic E-state index is 0.733. The van der Waals surface area contributed by atoms with E-state index in [0.29, 0.717) is 0 Å². The Morgan fingerprint density at radius 1 is 0.842 bits per heavy atom. The van der Waals surface area contributed by atoms with E-state index < -0.39 is 43.8 Å². The van der Waals surface area contributed by atoms with Crippen LogP contribution in [-0.4, -0.2) is 43.8 Å². The molecule has 0 aromatic heterocycles. The van der Waals surface area contributed by atoms with Gasteiger partial charge in [-0.15, -0.1) is 0 Å². The predicted molar refractivity (Wildman–Crippen MR) is 53.9 cm³/mol. The normalized spacial score (nSPS) is 19.4. The minimum atomic E-state index is -5.94. The number of rotatable bonds is 6. The van der Waals surface area contributed by atoms with E-state index in [0.717, 1.165) is 13.1 Å². The Morgan fingerprint density at radius 3 is 1.47 bits per heavy atom. The highest BCUT2D eigenvalue weighted by Crippen LogP contribution is 2.46. The highest BCUT2D eigenvalue weighted by atomic mass is 35.6. The van der Waals surface area contributed by atoms with Crippen LogP contribution in [0, 0.1) is 0 Å². The molecule has 0 saturated heterocycles. The van der Waals surface area contributed by atoms with Gasteiger partial charge in [0.05, 0.1) is 0 Å². The molecule has 0 saturated carbocycles. The zero-order valence-electron chi connectivity index (χ0n) is 9.59. The first kappa shape index (κ1) is 18.9. The first-order valence-electron chi connectivity index (χ1n) is 4.82. The number of hydrogen-bond donors (Lipinski definition) is 0. The molecule has 0 nitrogen and oxygen atoms in total. The summed E-state index contributed by atoms with van der Waals surface area (Å²) in [5.41, 5.74) is 0. The Hall–Kier alpha value is -0.123. The fourth-order valence-corrected chi connectivity index (χ4v) is 2.58. The van der Waals surface area contributed by atoms with Gasteiger partial charge in [0.25, 0.3) is 6.43 Å². The molecule has 116 valence electrons. The van der Waals surface area contributed by atoms with Gasteiger partial charge in [-0.1, -0.05) is 13.1 Å². The van der Waals surface area contributed by atoms with Crippen LogP contribution in [0.2, 0.25) is 13.1 Å². The van der Waals surface area contributed by atoms with Crippen LogP contribution < -0.4 is 0 Å². The van der Waals surface area contributed by atoms with Crippen molar-refractivity contribution in [1.82, 2.24) is 0 Å². The lowest BCUT2D eigenvalue weighted by Crippen LogP contribution is -2.61. The van der Waals surface area contributed by atoms with E-state index in [1.165, 1.54) is 0 Å². The molecule has 0 N–H and O–H groups in total. The molecule has 0 heterocycles. The largest absolute Gasteiger partial charge is 0.346 e. The van der Waals surface area contributed by atoms with Crippen LogP contribution in [0.3, 0.4) is 0 Å². The fraction of sp³-hybridized carbons (Fsp3) is 1.00. The van der Waals surface area contributed by atoms with Crippen molar-refractivity contribution >= 4 is 18.5 Å². The standard InChI is InChI=1S/C8H10ClF9Si/c1-19(2,9)6(14)8(17,18)7(15,16)4(11)3(10)5(12)13/h3-6H,1-2H3. The van der Waals surface area contributed by atoms with Crippen molar-refractivity contribution in [2.75, 3.05) is 0 Å². The van der Waals surface area contributed by atoms with Crippen molar-refractivity contribution < 1.29 is 39.5 Å². The maximum absolute atomic E-state index is 13.2. The van der Waals surface area contributed by atoms with E-state index in [1.807, 2.05) is 0 Å². The predicted octanol–water partition coefficient (Wildman–Crippen LogP) is 4.52. The minimum Gasteiger partial charge on any atom is -0.243 e. The quantitative estimate of drug-likeness (QED) is 0.379.